The normalized spacial score (nSPS) is 11.3. The average Bonchev–Trinajstić information content (AvgIpc) is 2.23. The summed E-state index contributed by atoms with van der Waals surface area (Å²) in [6.45, 7) is 3.53. The van der Waals surface area contributed by atoms with Crippen LogP contribution in [0, 0.1) is 11.2 Å². The number of hydrogen-bond acceptors (Lipinski definition) is 2. The van der Waals surface area contributed by atoms with E-state index in [1.807, 2.05) is 0 Å². The molecule has 0 saturated carbocycles. The zero-order valence-electron chi connectivity index (χ0n) is 9.18. The van der Waals surface area contributed by atoms with Crippen molar-refractivity contribution in [3.05, 3.63) is 29.0 Å². The first-order chi connectivity index (χ1) is 7.38. The topological polar surface area (TPSA) is 55.1 Å². The molecule has 0 aliphatic carbocycles. The molecule has 0 saturated heterocycles. The fraction of sp³-hybridized carbons (Fsp3) is 0.364. The predicted molar refractivity (Wildman–Crippen MR) is 62.9 cm³/mol. The summed E-state index contributed by atoms with van der Waals surface area (Å²) in [5, 5.41) is 2.61. The van der Waals surface area contributed by atoms with Crippen LogP contribution in [0.5, 0.6) is 0 Å². The molecule has 3 nitrogen and oxygen atoms in total. The fourth-order valence-corrected chi connectivity index (χ4v) is 1.20. The summed E-state index contributed by atoms with van der Waals surface area (Å²) in [7, 11) is 0. The van der Waals surface area contributed by atoms with Gasteiger partial charge in [0.1, 0.15) is 5.82 Å². The summed E-state index contributed by atoms with van der Waals surface area (Å²) < 4.78 is 13.4. The Balaban J connectivity index is 2.94. The molecule has 0 bridgehead atoms. The van der Waals surface area contributed by atoms with Gasteiger partial charge in [-0.05, 0) is 26.0 Å². The minimum atomic E-state index is -0.758. The molecule has 0 aliphatic rings. The molecule has 1 rings (SSSR count). The van der Waals surface area contributed by atoms with E-state index in [0.717, 1.165) is 0 Å². The number of hydrogen-bond donors (Lipinski definition) is 2. The lowest BCUT2D eigenvalue weighted by Gasteiger charge is -2.21. The molecular weight excluding hydrogens is 231 g/mol. The molecule has 0 fully saturated rings. The van der Waals surface area contributed by atoms with Crippen LogP contribution in [0.2, 0.25) is 5.02 Å². The fourth-order valence-electron chi connectivity index (χ4n) is 0.993. The van der Waals surface area contributed by atoms with Gasteiger partial charge in [0.05, 0.1) is 16.1 Å². The van der Waals surface area contributed by atoms with Crippen LogP contribution in [-0.2, 0) is 4.79 Å². The summed E-state index contributed by atoms with van der Waals surface area (Å²) in [4.78, 5) is 11.8. The molecule has 0 aromatic heterocycles. The Kier molecular flexibility index (Phi) is 3.88. The molecule has 5 heteroatoms. The van der Waals surface area contributed by atoms with Crippen molar-refractivity contribution in [1.29, 1.82) is 0 Å². The molecule has 16 heavy (non-hydrogen) atoms. The highest BCUT2D eigenvalue weighted by Gasteiger charge is 2.27. The van der Waals surface area contributed by atoms with E-state index in [2.05, 4.69) is 5.32 Å². The van der Waals surface area contributed by atoms with Gasteiger partial charge in [0.2, 0.25) is 5.91 Å². The molecular formula is C11H14ClFN2O. The van der Waals surface area contributed by atoms with Gasteiger partial charge in [-0.3, -0.25) is 4.79 Å². The SMILES string of the molecule is CC(C)(CN)C(=O)Nc1c(F)cccc1Cl. The van der Waals surface area contributed by atoms with E-state index in [4.69, 9.17) is 17.3 Å². The van der Waals surface area contributed by atoms with E-state index >= 15 is 0 Å². The molecule has 1 aromatic carbocycles. The lowest BCUT2D eigenvalue weighted by atomic mass is 9.92. The molecule has 0 spiro atoms. The van der Waals surface area contributed by atoms with E-state index in [0.29, 0.717) is 0 Å². The van der Waals surface area contributed by atoms with Gasteiger partial charge >= 0.3 is 0 Å². The maximum absolute atomic E-state index is 13.4. The van der Waals surface area contributed by atoms with Gasteiger partial charge in [-0.15, -0.1) is 0 Å². The van der Waals surface area contributed by atoms with Crippen molar-refractivity contribution in [2.24, 2.45) is 11.1 Å². The highest BCUT2D eigenvalue weighted by atomic mass is 35.5. The van der Waals surface area contributed by atoms with Crippen LogP contribution in [0.25, 0.3) is 0 Å². The molecule has 3 N–H and O–H groups in total. The first-order valence-corrected chi connectivity index (χ1v) is 5.22. The monoisotopic (exact) mass is 244 g/mol. The summed E-state index contributed by atoms with van der Waals surface area (Å²) >= 11 is 5.78. The van der Waals surface area contributed by atoms with Crippen LogP contribution in [0.4, 0.5) is 10.1 Å². The van der Waals surface area contributed by atoms with Crippen molar-refractivity contribution in [3.63, 3.8) is 0 Å². The zero-order chi connectivity index (χ0) is 12.3. The molecule has 1 aromatic rings. The second-order valence-corrected chi connectivity index (χ2v) is 4.55. The van der Waals surface area contributed by atoms with E-state index in [1.54, 1.807) is 13.8 Å². The van der Waals surface area contributed by atoms with Crippen LogP contribution >= 0.6 is 11.6 Å². The maximum Gasteiger partial charge on any atom is 0.231 e. The van der Waals surface area contributed by atoms with E-state index < -0.39 is 11.2 Å². The van der Waals surface area contributed by atoms with Crippen LogP contribution in [0.1, 0.15) is 13.8 Å². The number of rotatable bonds is 3. The summed E-state index contributed by atoms with van der Waals surface area (Å²) in [5.74, 6) is -0.921. The maximum atomic E-state index is 13.4. The summed E-state index contributed by atoms with van der Waals surface area (Å²) in [5.41, 5.74) is 4.69. The number of anilines is 1. The number of amides is 1. The predicted octanol–water partition coefficient (Wildman–Crippen LogP) is 2.40. The lowest BCUT2D eigenvalue weighted by molar-refractivity contribution is -0.123. The lowest BCUT2D eigenvalue weighted by Crippen LogP contribution is -2.37. The van der Waals surface area contributed by atoms with Crippen molar-refractivity contribution >= 4 is 23.2 Å². The Hall–Kier alpha value is -1.13. The quantitative estimate of drug-likeness (QED) is 0.858. The molecule has 88 valence electrons. The Labute approximate surface area is 98.8 Å². The number of para-hydroxylation sites is 1. The van der Waals surface area contributed by atoms with E-state index in [1.165, 1.54) is 18.2 Å². The van der Waals surface area contributed by atoms with Gasteiger partial charge in [0.15, 0.2) is 0 Å². The van der Waals surface area contributed by atoms with Crippen molar-refractivity contribution in [2.45, 2.75) is 13.8 Å². The minimum Gasteiger partial charge on any atom is -0.329 e. The molecule has 0 atom stereocenters. The molecule has 0 heterocycles. The van der Waals surface area contributed by atoms with Crippen molar-refractivity contribution < 1.29 is 9.18 Å². The molecule has 1 amide bonds. The van der Waals surface area contributed by atoms with E-state index in [9.17, 15) is 9.18 Å². The Bertz CT molecular complexity index is 387. The van der Waals surface area contributed by atoms with Crippen molar-refractivity contribution in [2.75, 3.05) is 11.9 Å². The average molecular weight is 245 g/mol. The number of halogens is 2. The van der Waals surface area contributed by atoms with Gasteiger partial charge in [-0.1, -0.05) is 17.7 Å². The Morgan fingerprint density at radius 2 is 2.19 bits per heavy atom. The van der Waals surface area contributed by atoms with Crippen LogP contribution in [-0.4, -0.2) is 12.5 Å². The van der Waals surface area contributed by atoms with Gasteiger partial charge in [-0.25, -0.2) is 4.39 Å². The first-order valence-electron chi connectivity index (χ1n) is 4.84. The largest absolute Gasteiger partial charge is 0.329 e. The second-order valence-electron chi connectivity index (χ2n) is 4.14. The summed E-state index contributed by atoms with van der Waals surface area (Å²) in [6.07, 6.45) is 0. The third kappa shape index (κ3) is 2.71. The van der Waals surface area contributed by atoms with Gasteiger partial charge in [-0.2, -0.15) is 0 Å². The van der Waals surface area contributed by atoms with Crippen molar-refractivity contribution in [3.8, 4) is 0 Å². The number of benzene rings is 1. The first kappa shape index (κ1) is 12.9. The van der Waals surface area contributed by atoms with Gasteiger partial charge < -0.3 is 11.1 Å². The number of carbonyl (C=O) groups is 1. The minimum absolute atomic E-state index is 0.00399. The number of nitrogens with one attached hydrogen (secondary N) is 1. The van der Waals surface area contributed by atoms with Crippen molar-refractivity contribution in [1.82, 2.24) is 0 Å². The zero-order valence-corrected chi connectivity index (χ0v) is 9.94. The summed E-state index contributed by atoms with van der Waals surface area (Å²) in [6, 6.07) is 4.22. The second kappa shape index (κ2) is 4.80. The standard InChI is InChI=1S/C11H14ClFN2O/c1-11(2,6-14)10(16)15-9-7(12)4-3-5-8(9)13/h3-5H,6,14H2,1-2H3,(H,15,16). The highest BCUT2D eigenvalue weighted by molar-refractivity contribution is 6.33. The van der Waals surface area contributed by atoms with Crippen LogP contribution in [0.3, 0.4) is 0 Å². The third-order valence-electron chi connectivity index (χ3n) is 2.33. The Morgan fingerprint density at radius 1 is 1.56 bits per heavy atom. The molecule has 0 aliphatic heterocycles. The molecule has 0 unspecified atom stereocenters. The third-order valence-corrected chi connectivity index (χ3v) is 2.64. The van der Waals surface area contributed by atoms with Gasteiger partial charge in [0, 0.05) is 6.54 Å². The van der Waals surface area contributed by atoms with Crippen LogP contribution in [0.15, 0.2) is 18.2 Å². The number of carbonyl (C=O) groups excluding carboxylic acids is 1. The molecule has 0 radical (unpaired) electrons. The number of nitrogens with two attached hydrogens (primary N) is 1. The van der Waals surface area contributed by atoms with E-state index in [-0.39, 0.29) is 23.2 Å². The highest BCUT2D eigenvalue weighted by Crippen LogP contribution is 2.26. The van der Waals surface area contributed by atoms with Crippen LogP contribution < -0.4 is 11.1 Å². The van der Waals surface area contributed by atoms with Gasteiger partial charge in [0.25, 0.3) is 0 Å². The smallest absolute Gasteiger partial charge is 0.231 e. The Morgan fingerprint density at radius 3 is 2.69 bits per heavy atom.